The highest BCUT2D eigenvalue weighted by Gasteiger charge is 2.28. The minimum absolute atomic E-state index is 0.0907. The van der Waals surface area contributed by atoms with Crippen molar-refractivity contribution in [2.24, 2.45) is 0 Å². The van der Waals surface area contributed by atoms with E-state index in [9.17, 15) is 9.59 Å². The highest BCUT2D eigenvalue weighted by molar-refractivity contribution is 5.78. The van der Waals surface area contributed by atoms with E-state index in [4.69, 9.17) is 9.97 Å². The molecule has 160 valence electrons. The van der Waals surface area contributed by atoms with Crippen LogP contribution < -0.4 is 5.32 Å². The summed E-state index contributed by atoms with van der Waals surface area (Å²) in [7, 11) is 1.89. The van der Waals surface area contributed by atoms with Crippen molar-refractivity contribution in [3.8, 4) is 0 Å². The molecule has 29 heavy (non-hydrogen) atoms. The predicted molar refractivity (Wildman–Crippen MR) is 113 cm³/mol. The number of hydrogen-bond donors (Lipinski definition) is 1. The topological polar surface area (TPSA) is 81.7 Å². The normalized spacial score (nSPS) is 17.7. The molecule has 0 bridgehead atoms. The van der Waals surface area contributed by atoms with E-state index in [0.29, 0.717) is 19.0 Å². The van der Waals surface area contributed by atoms with Gasteiger partial charge in [-0.2, -0.15) is 0 Å². The fourth-order valence-electron chi connectivity index (χ4n) is 4.32. The minimum atomic E-state index is 0.0907. The Morgan fingerprint density at radius 2 is 1.83 bits per heavy atom. The molecule has 0 aromatic carbocycles. The van der Waals surface area contributed by atoms with Crippen molar-refractivity contribution >= 4 is 17.6 Å². The molecule has 8 nitrogen and oxygen atoms in total. The zero-order valence-corrected chi connectivity index (χ0v) is 18.2. The molecule has 3 rings (SSSR count). The Balaban J connectivity index is 1.67. The number of hydrogen-bond acceptors (Lipinski definition) is 6. The minimum Gasteiger partial charge on any atom is -0.373 e. The van der Waals surface area contributed by atoms with Crippen LogP contribution in [0.1, 0.15) is 56.6 Å². The van der Waals surface area contributed by atoms with Crippen molar-refractivity contribution in [2.45, 2.75) is 52.5 Å². The molecule has 1 aromatic heterocycles. The van der Waals surface area contributed by atoms with Gasteiger partial charge in [0.2, 0.25) is 11.8 Å². The molecule has 1 fully saturated rings. The molecule has 0 spiro atoms. The number of anilines is 1. The third-order valence-electron chi connectivity index (χ3n) is 6.19. The smallest absolute Gasteiger partial charge is 0.236 e. The van der Waals surface area contributed by atoms with Crippen molar-refractivity contribution in [2.75, 3.05) is 51.6 Å². The first kappa shape index (κ1) is 21.5. The van der Waals surface area contributed by atoms with E-state index < -0.39 is 0 Å². The first-order valence-corrected chi connectivity index (χ1v) is 10.8. The van der Waals surface area contributed by atoms with E-state index in [2.05, 4.69) is 10.2 Å². The summed E-state index contributed by atoms with van der Waals surface area (Å²) in [6.45, 7) is 10.7. The number of likely N-dealkylation sites (tertiary alicyclic amines) is 1. The summed E-state index contributed by atoms with van der Waals surface area (Å²) in [5.74, 6) is 2.36. The van der Waals surface area contributed by atoms with Crippen molar-refractivity contribution in [3.63, 3.8) is 0 Å². The van der Waals surface area contributed by atoms with Gasteiger partial charge in [-0.1, -0.05) is 0 Å². The van der Waals surface area contributed by atoms with E-state index in [0.717, 1.165) is 74.9 Å². The predicted octanol–water partition coefficient (Wildman–Crippen LogP) is 1.47. The zero-order valence-electron chi connectivity index (χ0n) is 18.2. The molecular weight excluding hydrogens is 368 g/mol. The number of nitrogens with zero attached hydrogens (tertiary/aromatic N) is 5. The fraction of sp³-hybridized carbons (Fsp3) is 0.714. The number of fused-ring (bicyclic) bond motifs is 1. The van der Waals surface area contributed by atoms with E-state index >= 15 is 0 Å². The summed E-state index contributed by atoms with van der Waals surface area (Å²) in [4.78, 5) is 39.8. The highest BCUT2D eigenvalue weighted by atomic mass is 16.2. The number of amides is 2. The maximum absolute atomic E-state index is 12.4. The summed E-state index contributed by atoms with van der Waals surface area (Å²) >= 11 is 0. The van der Waals surface area contributed by atoms with Crippen LogP contribution in [0.3, 0.4) is 0 Å². The molecule has 2 amide bonds. The first-order chi connectivity index (χ1) is 14.0. The van der Waals surface area contributed by atoms with Gasteiger partial charge in [0.25, 0.3) is 0 Å². The Morgan fingerprint density at radius 1 is 1.14 bits per heavy atom. The lowest BCUT2D eigenvalue weighted by Crippen LogP contribution is -2.43. The van der Waals surface area contributed by atoms with Crippen LogP contribution >= 0.6 is 0 Å². The Hall–Kier alpha value is -2.22. The second-order valence-corrected chi connectivity index (χ2v) is 7.91. The van der Waals surface area contributed by atoms with Gasteiger partial charge in [-0.15, -0.1) is 0 Å². The summed E-state index contributed by atoms with van der Waals surface area (Å²) in [5.41, 5.74) is 2.11. The van der Waals surface area contributed by atoms with Crippen LogP contribution in [0.15, 0.2) is 0 Å². The number of carbonyl (C=O) groups is 2. The van der Waals surface area contributed by atoms with Crippen LogP contribution in [-0.4, -0.2) is 82.8 Å². The Labute approximate surface area is 173 Å². The van der Waals surface area contributed by atoms with E-state index in [1.165, 1.54) is 0 Å². The van der Waals surface area contributed by atoms with Crippen LogP contribution in [-0.2, 0) is 22.6 Å². The summed E-state index contributed by atoms with van der Waals surface area (Å²) < 4.78 is 0. The third-order valence-corrected chi connectivity index (χ3v) is 6.19. The standard InChI is InChI=1S/C21H34N6O2/c1-5-26(6-2)19(29)14-25-10-7-16(8-11-25)20-23-18-13-27(15(3)28)12-9-17(18)21(22-4)24-20/h16H,5-14H2,1-4H3,(H,22,23,24). The number of likely N-dealkylation sites (N-methyl/N-ethyl adjacent to an activating group) is 1. The molecule has 0 aliphatic carbocycles. The third kappa shape index (κ3) is 4.86. The summed E-state index contributed by atoms with van der Waals surface area (Å²) in [5, 5.41) is 3.22. The van der Waals surface area contributed by atoms with Gasteiger partial charge in [0.1, 0.15) is 11.6 Å². The zero-order chi connectivity index (χ0) is 21.0. The van der Waals surface area contributed by atoms with Crippen LogP contribution in [0.25, 0.3) is 0 Å². The summed E-state index contributed by atoms with van der Waals surface area (Å²) in [6, 6.07) is 0. The lowest BCUT2D eigenvalue weighted by molar-refractivity contribution is -0.132. The summed E-state index contributed by atoms with van der Waals surface area (Å²) in [6.07, 6.45) is 2.69. The first-order valence-electron chi connectivity index (χ1n) is 10.8. The van der Waals surface area contributed by atoms with Gasteiger partial charge in [0.05, 0.1) is 18.8 Å². The SMILES string of the molecule is CCN(CC)C(=O)CN1CCC(c2nc3c(c(NC)n2)CCN(C(C)=O)C3)CC1. The number of nitrogens with one attached hydrogen (secondary N) is 1. The van der Waals surface area contributed by atoms with E-state index in [1.807, 2.05) is 30.7 Å². The lowest BCUT2D eigenvalue weighted by atomic mass is 9.95. The van der Waals surface area contributed by atoms with Crippen LogP contribution in [0.4, 0.5) is 5.82 Å². The molecule has 1 N–H and O–H groups in total. The molecule has 1 saturated heterocycles. The van der Waals surface area contributed by atoms with Gasteiger partial charge in [-0.3, -0.25) is 14.5 Å². The number of piperidine rings is 1. The maximum Gasteiger partial charge on any atom is 0.236 e. The van der Waals surface area contributed by atoms with Gasteiger partial charge in [-0.25, -0.2) is 9.97 Å². The quantitative estimate of drug-likeness (QED) is 0.776. The van der Waals surface area contributed by atoms with Crippen molar-refractivity contribution in [1.82, 2.24) is 24.7 Å². The van der Waals surface area contributed by atoms with Gasteiger partial charge in [0, 0.05) is 45.1 Å². The Morgan fingerprint density at radius 3 is 2.41 bits per heavy atom. The van der Waals surface area contributed by atoms with Crippen LogP contribution in [0.5, 0.6) is 0 Å². The Kier molecular flexibility index (Phi) is 7.05. The molecule has 2 aliphatic heterocycles. The monoisotopic (exact) mass is 402 g/mol. The molecule has 0 atom stereocenters. The van der Waals surface area contributed by atoms with Gasteiger partial charge < -0.3 is 15.1 Å². The largest absolute Gasteiger partial charge is 0.373 e. The molecule has 3 heterocycles. The molecule has 0 unspecified atom stereocenters. The van der Waals surface area contributed by atoms with Gasteiger partial charge in [-0.05, 0) is 46.2 Å². The molecule has 0 radical (unpaired) electrons. The maximum atomic E-state index is 12.4. The molecule has 0 saturated carbocycles. The second kappa shape index (κ2) is 9.52. The molecule has 2 aliphatic rings. The van der Waals surface area contributed by atoms with Gasteiger partial charge >= 0.3 is 0 Å². The van der Waals surface area contributed by atoms with E-state index in [1.54, 1.807) is 6.92 Å². The highest BCUT2D eigenvalue weighted by Crippen LogP contribution is 2.30. The average molecular weight is 403 g/mol. The van der Waals surface area contributed by atoms with Crippen LogP contribution in [0.2, 0.25) is 0 Å². The lowest BCUT2D eigenvalue weighted by Gasteiger charge is -2.33. The van der Waals surface area contributed by atoms with Crippen LogP contribution in [0, 0.1) is 0 Å². The van der Waals surface area contributed by atoms with Crippen molar-refractivity contribution in [3.05, 3.63) is 17.1 Å². The van der Waals surface area contributed by atoms with Gasteiger partial charge in [0.15, 0.2) is 0 Å². The molecular formula is C21H34N6O2. The van der Waals surface area contributed by atoms with Crippen molar-refractivity contribution < 1.29 is 9.59 Å². The number of carbonyl (C=O) groups excluding carboxylic acids is 2. The number of rotatable bonds is 6. The second-order valence-electron chi connectivity index (χ2n) is 7.91. The average Bonchev–Trinajstić information content (AvgIpc) is 2.73. The number of aromatic nitrogens is 2. The Bertz CT molecular complexity index is 741. The molecule has 8 heteroatoms. The van der Waals surface area contributed by atoms with E-state index in [-0.39, 0.29) is 11.8 Å². The fourth-order valence-corrected chi connectivity index (χ4v) is 4.32. The molecule has 1 aromatic rings. The van der Waals surface area contributed by atoms with Crippen molar-refractivity contribution in [1.29, 1.82) is 0 Å².